The Labute approximate surface area is 219 Å². The van der Waals surface area contributed by atoms with Crippen molar-refractivity contribution in [1.82, 2.24) is 0 Å². The number of aryl methyl sites for hydroxylation is 2. The number of halogens is 1. The van der Waals surface area contributed by atoms with Crippen LogP contribution in [0.15, 0.2) is 66.7 Å². The van der Waals surface area contributed by atoms with E-state index in [1.165, 1.54) is 66.9 Å². The van der Waals surface area contributed by atoms with Crippen molar-refractivity contribution in [1.29, 1.82) is 0 Å². The van der Waals surface area contributed by atoms with Crippen LogP contribution in [-0.2, 0) is 12.8 Å². The van der Waals surface area contributed by atoms with Crippen molar-refractivity contribution < 1.29 is 9.13 Å². The topological polar surface area (TPSA) is 9.23 Å². The summed E-state index contributed by atoms with van der Waals surface area (Å²) < 4.78 is 20.8. The van der Waals surface area contributed by atoms with Gasteiger partial charge in [-0.3, -0.25) is 0 Å². The number of unbranched alkanes of at least 4 members (excludes halogenated alkanes) is 2. The Bertz CT molecular complexity index is 1050. The highest BCUT2D eigenvalue weighted by atomic mass is 28.3. The Hall–Kier alpha value is -2.39. The molecule has 1 aliphatic heterocycles. The van der Waals surface area contributed by atoms with Crippen molar-refractivity contribution in [3.8, 4) is 16.9 Å². The SMILES string of the molecule is CCCCC[SiH]1CCC(c2ccc(-c3ccc(CCc4ccc(OCCC)cc4)cc3)c(F)c2)CC1. The van der Waals surface area contributed by atoms with Gasteiger partial charge in [-0.05, 0) is 78.5 Å². The lowest BCUT2D eigenvalue weighted by Gasteiger charge is -2.28. The Kier molecular flexibility index (Phi) is 10.2. The van der Waals surface area contributed by atoms with Gasteiger partial charge in [0.05, 0.1) is 6.61 Å². The van der Waals surface area contributed by atoms with Gasteiger partial charge in [-0.25, -0.2) is 4.39 Å². The van der Waals surface area contributed by atoms with Crippen LogP contribution in [0.1, 0.15) is 75.0 Å². The van der Waals surface area contributed by atoms with Crippen LogP contribution in [0, 0.1) is 5.82 Å². The van der Waals surface area contributed by atoms with Crippen LogP contribution < -0.4 is 4.74 Å². The Morgan fingerprint density at radius 1 is 0.806 bits per heavy atom. The van der Waals surface area contributed by atoms with Crippen LogP contribution in [0.25, 0.3) is 11.1 Å². The highest BCUT2D eigenvalue weighted by Gasteiger charge is 2.23. The van der Waals surface area contributed by atoms with E-state index >= 15 is 4.39 Å². The van der Waals surface area contributed by atoms with Crippen LogP contribution in [-0.4, -0.2) is 15.4 Å². The summed E-state index contributed by atoms with van der Waals surface area (Å²) in [6, 6.07) is 27.3. The van der Waals surface area contributed by atoms with Crippen LogP contribution in [0.5, 0.6) is 5.75 Å². The fourth-order valence-corrected chi connectivity index (χ4v) is 9.08. The van der Waals surface area contributed by atoms with Gasteiger partial charge < -0.3 is 4.74 Å². The van der Waals surface area contributed by atoms with E-state index in [2.05, 4.69) is 68.4 Å². The third-order valence-corrected chi connectivity index (χ3v) is 11.4. The molecule has 36 heavy (non-hydrogen) atoms. The quantitative estimate of drug-likeness (QED) is 0.177. The van der Waals surface area contributed by atoms with Crippen molar-refractivity contribution >= 4 is 8.80 Å². The highest BCUT2D eigenvalue weighted by molar-refractivity contribution is 6.59. The van der Waals surface area contributed by atoms with Crippen LogP contribution in [0.2, 0.25) is 18.1 Å². The summed E-state index contributed by atoms with van der Waals surface area (Å²) in [4.78, 5) is 0. The average Bonchev–Trinajstić information content (AvgIpc) is 2.92. The first-order chi connectivity index (χ1) is 17.7. The molecule has 0 saturated carbocycles. The van der Waals surface area contributed by atoms with Gasteiger partial charge in [0.15, 0.2) is 0 Å². The molecule has 0 N–H and O–H groups in total. The minimum atomic E-state index is -0.529. The van der Waals surface area contributed by atoms with Crippen molar-refractivity contribution in [3.05, 3.63) is 89.2 Å². The summed E-state index contributed by atoms with van der Waals surface area (Å²) in [5.74, 6) is 1.42. The molecule has 1 heterocycles. The number of ether oxygens (including phenoxy) is 1. The van der Waals surface area contributed by atoms with Gasteiger partial charge in [0.25, 0.3) is 0 Å². The van der Waals surface area contributed by atoms with Gasteiger partial charge in [0.2, 0.25) is 0 Å². The third-order valence-electron chi connectivity index (χ3n) is 7.89. The second-order valence-corrected chi connectivity index (χ2v) is 14.1. The summed E-state index contributed by atoms with van der Waals surface area (Å²) in [6.07, 6.45) is 9.66. The molecule has 0 unspecified atom stereocenters. The molecule has 0 spiro atoms. The summed E-state index contributed by atoms with van der Waals surface area (Å²) in [6.45, 7) is 5.17. The van der Waals surface area contributed by atoms with Crippen LogP contribution in [0.4, 0.5) is 4.39 Å². The maximum atomic E-state index is 15.2. The lowest BCUT2D eigenvalue weighted by Crippen LogP contribution is -2.20. The minimum absolute atomic E-state index is 0.0760. The third kappa shape index (κ3) is 7.55. The Morgan fingerprint density at radius 3 is 2.08 bits per heavy atom. The predicted molar refractivity (Wildman–Crippen MR) is 155 cm³/mol. The van der Waals surface area contributed by atoms with Gasteiger partial charge in [0.1, 0.15) is 11.6 Å². The van der Waals surface area contributed by atoms with Gasteiger partial charge in [-0.2, -0.15) is 0 Å². The van der Waals surface area contributed by atoms with Gasteiger partial charge in [-0.15, -0.1) is 0 Å². The number of benzene rings is 3. The first-order valence-corrected chi connectivity index (χ1v) is 16.7. The number of rotatable bonds is 12. The molecule has 192 valence electrons. The molecule has 3 aromatic carbocycles. The molecule has 0 aromatic heterocycles. The van der Waals surface area contributed by atoms with E-state index in [0.29, 0.717) is 5.92 Å². The molecule has 0 bridgehead atoms. The van der Waals surface area contributed by atoms with Crippen LogP contribution >= 0.6 is 0 Å². The van der Waals surface area contributed by atoms with E-state index in [9.17, 15) is 0 Å². The Morgan fingerprint density at radius 2 is 1.47 bits per heavy atom. The molecule has 1 aliphatic rings. The molecule has 0 aliphatic carbocycles. The second kappa shape index (κ2) is 13.8. The molecule has 1 fully saturated rings. The second-order valence-electron chi connectivity index (χ2n) is 10.6. The smallest absolute Gasteiger partial charge is 0.131 e. The number of hydrogen-bond donors (Lipinski definition) is 0. The molecule has 1 saturated heterocycles. The zero-order valence-electron chi connectivity index (χ0n) is 22.3. The van der Waals surface area contributed by atoms with Crippen LogP contribution in [0.3, 0.4) is 0 Å². The standard InChI is InChI=1S/C33H43FOSi/c1-3-5-6-22-36-23-19-28(20-24-36)30-15-18-32(33(34)25-30)29-13-9-26(10-14-29)7-8-27-11-16-31(17-12-27)35-21-4-2/h9-18,25,28,36H,3-8,19-24H2,1-2H3. The van der Waals surface area contributed by atoms with E-state index < -0.39 is 8.80 Å². The molecule has 1 nitrogen and oxygen atoms in total. The zero-order chi connectivity index (χ0) is 25.2. The van der Waals surface area contributed by atoms with Crippen molar-refractivity contribution in [2.75, 3.05) is 6.61 Å². The summed E-state index contributed by atoms with van der Waals surface area (Å²) >= 11 is 0. The monoisotopic (exact) mass is 502 g/mol. The summed E-state index contributed by atoms with van der Waals surface area (Å²) in [5.41, 5.74) is 5.48. The Balaban J connectivity index is 1.30. The van der Waals surface area contributed by atoms with Gasteiger partial charge in [-0.1, -0.05) is 99.8 Å². The lowest BCUT2D eigenvalue weighted by atomic mass is 9.91. The molecule has 0 radical (unpaired) electrons. The maximum Gasteiger partial charge on any atom is 0.131 e. The van der Waals surface area contributed by atoms with E-state index in [1.807, 2.05) is 12.1 Å². The lowest BCUT2D eigenvalue weighted by molar-refractivity contribution is 0.317. The van der Waals surface area contributed by atoms with E-state index in [4.69, 9.17) is 4.74 Å². The first kappa shape index (κ1) is 26.7. The zero-order valence-corrected chi connectivity index (χ0v) is 23.4. The fraction of sp³-hybridized carbons (Fsp3) is 0.455. The molecule has 0 amide bonds. The van der Waals surface area contributed by atoms with Crippen molar-refractivity contribution in [2.45, 2.75) is 89.3 Å². The first-order valence-electron chi connectivity index (χ1n) is 14.3. The predicted octanol–water partition coefficient (Wildman–Crippen LogP) is 9.36. The van der Waals surface area contributed by atoms with E-state index in [-0.39, 0.29) is 5.82 Å². The van der Waals surface area contributed by atoms with Crippen molar-refractivity contribution in [3.63, 3.8) is 0 Å². The summed E-state index contributed by atoms with van der Waals surface area (Å²) in [7, 11) is -0.529. The molecule has 0 atom stereocenters. The molecular weight excluding hydrogens is 459 g/mol. The normalized spacial score (nSPS) is 17.8. The van der Waals surface area contributed by atoms with Gasteiger partial charge >= 0.3 is 0 Å². The molecule has 4 rings (SSSR count). The van der Waals surface area contributed by atoms with Gasteiger partial charge in [0, 0.05) is 14.4 Å². The fourth-order valence-electron chi connectivity index (χ4n) is 5.60. The summed E-state index contributed by atoms with van der Waals surface area (Å²) in [5, 5.41) is 0. The average molecular weight is 503 g/mol. The van der Waals surface area contributed by atoms with Crippen molar-refractivity contribution in [2.24, 2.45) is 0 Å². The highest BCUT2D eigenvalue weighted by Crippen LogP contribution is 2.37. The van der Waals surface area contributed by atoms with E-state index in [1.54, 1.807) is 0 Å². The minimum Gasteiger partial charge on any atom is -0.494 e. The molecule has 3 aromatic rings. The molecular formula is C33H43FOSi. The van der Waals surface area contributed by atoms with E-state index in [0.717, 1.165) is 42.7 Å². The number of hydrogen-bond acceptors (Lipinski definition) is 1. The molecule has 3 heteroatoms. The largest absolute Gasteiger partial charge is 0.494 e. The maximum absolute atomic E-state index is 15.2.